The molecule has 4 rings (SSSR count). The first-order valence-corrected chi connectivity index (χ1v) is 12.9. The Morgan fingerprint density at radius 3 is 2.49 bits per heavy atom. The van der Waals surface area contributed by atoms with Crippen molar-refractivity contribution in [1.82, 2.24) is 9.88 Å². The summed E-state index contributed by atoms with van der Waals surface area (Å²) in [6, 6.07) is 5.06. The zero-order valence-electron chi connectivity index (χ0n) is 21.0. The Morgan fingerprint density at radius 1 is 1.11 bits per heavy atom. The van der Waals surface area contributed by atoms with Crippen molar-refractivity contribution < 1.29 is 22.8 Å². The van der Waals surface area contributed by atoms with Crippen LogP contribution in [0.1, 0.15) is 51.0 Å². The normalized spacial score (nSPS) is 21.0. The lowest BCUT2D eigenvalue weighted by Gasteiger charge is -2.36. The minimum absolute atomic E-state index is 0.00332. The fourth-order valence-corrected chi connectivity index (χ4v) is 5.02. The zero-order valence-corrected chi connectivity index (χ0v) is 21.0. The van der Waals surface area contributed by atoms with Crippen molar-refractivity contribution in [2.45, 2.75) is 63.8 Å². The van der Waals surface area contributed by atoms with E-state index in [0.717, 1.165) is 82.0 Å². The van der Waals surface area contributed by atoms with E-state index >= 15 is 0 Å². The van der Waals surface area contributed by atoms with E-state index in [9.17, 15) is 23.3 Å². The number of ether oxygens (including phenoxy) is 1. The standard InChI is InChI=1S/C26H34F3N5O3/c1-2-3-10-32-11-13-33(14-12-32)21-16-23(18-30-17-21)37-22-7-4-19(5-8-22)31-20-6-9-25(34(35)36)24(15-20)26(27,28)29/h6,9,15-19,22,31H,2-5,7-8,10-14H2,1H3. The Kier molecular flexibility index (Phi) is 8.73. The van der Waals surface area contributed by atoms with Crippen LogP contribution in [-0.4, -0.2) is 59.7 Å². The summed E-state index contributed by atoms with van der Waals surface area (Å²) in [7, 11) is 0. The lowest BCUT2D eigenvalue weighted by molar-refractivity contribution is -0.388. The fraction of sp³-hybridized carbons (Fsp3) is 0.577. The van der Waals surface area contributed by atoms with Crippen LogP contribution in [0.2, 0.25) is 0 Å². The molecule has 1 aromatic carbocycles. The highest BCUT2D eigenvalue weighted by Crippen LogP contribution is 2.38. The molecular formula is C26H34F3N5O3. The van der Waals surface area contributed by atoms with Crippen molar-refractivity contribution in [2.75, 3.05) is 42.9 Å². The smallest absolute Gasteiger partial charge is 0.423 e. The summed E-state index contributed by atoms with van der Waals surface area (Å²) in [4.78, 5) is 19.2. The van der Waals surface area contributed by atoms with Crippen molar-refractivity contribution in [2.24, 2.45) is 0 Å². The van der Waals surface area contributed by atoms with Gasteiger partial charge in [-0.1, -0.05) is 13.3 Å². The van der Waals surface area contributed by atoms with Crippen LogP contribution in [0.3, 0.4) is 0 Å². The average Bonchev–Trinajstić information content (AvgIpc) is 2.88. The molecule has 0 bridgehead atoms. The molecule has 2 aromatic rings. The van der Waals surface area contributed by atoms with Crippen LogP contribution in [0.5, 0.6) is 5.75 Å². The molecule has 37 heavy (non-hydrogen) atoms. The topological polar surface area (TPSA) is 83.8 Å². The molecule has 0 atom stereocenters. The number of anilines is 2. The third kappa shape index (κ3) is 7.24. The van der Waals surface area contributed by atoms with Gasteiger partial charge in [0.15, 0.2) is 0 Å². The molecule has 1 N–H and O–H groups in total. The Morgan fingerprint density at radius 2 is 1.84 bits per heavy atom. The first-order valence-electron chi connectivity index (χ1n) is 12.9. The van der Waals surface area contributed by atoms with Gasteiger partial charge in [-0.05, 0) is 50.8 Å². The lowest BCUT2D eigenvalue weighted by Crippen LogP contribution is -2.46. The molecule has 0 spiro atoms. The van der Waals surface area contributed by atoms with Gasteiger partial charge < -0.3 is 15.0 Å². The van der Waals surface area contributed by atoms with E-state index in [1.165, 1.54) is 18.9 Å². The number of unbranched alkanes of at least 4 members (excludes halogenated alkanes) is 1. The van der Waals surface area contributed by atoms with Crippen LogP contribution >= 0.6 is 0 Å². The van der Waals surface area contributed by atoms with Gasteiger partial charge in [-0.2, -0.15) is 13.2 Å². The van der Waals surface area contributed by atoms with Gasteiger partial charge in [0.2, 0.25) is 0 Å². The number of hydrogen-bond donors (Lipinski definition) is 1. The summed E-state index contributed by atoms with van der Waals surface area (Å²) in [6.07, 6.45) is 4.17. The highest BCUT2D eigenvalue weighted by molar-refractivity contribution is 5.55. The van der Waals surface area contributed by atoms with E-state index in [4.69, 9.17) is 4.74 Å². The molecule has 1 aliphatic carbocycles. The van der Waals surface area contributed by atoms with E-state index in [1.54, 1.807) is 6.20 Å². The second-order valence-corrected chi connectivity index (χ2v) is 9.78. The maximum absolute atomic E-state index is 13.3. The van der Waals surface area contributed by atoms with Gasteiger partial charge >= 0.3 is 6.18 Å². The lowest BCUT2D eigenvalue weighted by atomic mass is 9.92. The van der Waals surface area contributed by atoms with Crippen LogP contribution < -0.4 is 15.0 Å². The highest BCUT2D eigenvalue weighted by atomic mass is 19.4. The number of hydrogen-bond acceptors (Lipinski definition) is 7. The number of nitro groups is 1. The van der Waals surface area contributed by atoms with Crippen LogP contribution in [0, 0.1) is 10.1 Å². The third-order valence-corrected chi connectivity index (χ3v) is 7.11. The molecule has 202 valence electrons. The number of nitrogens with one attached hydrogen (secondary N) is 1. The summed E-state index contributed by atoms with van der Waals surface area (Å²) in [5, 5.41) is 14.1. The molecule has 0 amide bonds. The molecule has 1 saturated carbocycles. The largest absolute Gasteiger partial charge is 0.489 e. The Labute approximate surface area is 215 Å². The fourth-order valence-electron chi connectivity index (χ4n) is 5.02. The second-order valence-electron chi connectivity index (χ2n) is 9.78. The van der Waals surface area contributed by atoms with Crippen LogP contribution in [0.4, 0.5) is 30.2 Å². The first kappa shape index (κ1) is 27.0. The average molecular weight is 522 g/mol. The molecule has 2 aliphatic rings. The summed E-state index contributed by atoms with van der Waals surface area (Å²) < 4.78 is 46.0. The molecule has 0 radical (unpaired) electrons. The molecule has 8 nitrogen and oxygen atoms in total. The zero-order chi connectivity index (χ0) is 26.4. The number of rotatable bonds is 9. The minimum Gasteiger partial charge on any atom is -0.489 e. The number of nitrogens with zero attached hydrogens (tertiary/aromatic N) is 4. The summed E-state index contributed by atoms with van der Waals surface area (Å²) in [5.41, 5.74) is -0.894. The molecule has 2 fully saturated rings. The molecular weight excluding hydrogens is 487 g/mol. The quantitative estimate of drug-likeness (QED) is 0.333. The number of pyridine rings is 1. The van der Waals surface area contributed by atoms with Crippen molar-refractivity contribution in [3.05, 3.63) is 52.3 Å². The second kappa shape index (κ2) is 12.0. The molecule has 1 aliphatic heterocycles. The van der Waals surface area contributed by atoms with Crippen molar-refractivity contribution >= 4 is 17.1 Å². The predicted molar refractivity (Wildman–Crippen MR) is 136 cm³/mol. The molecule has 1 saturated heterocycles. The summed E-state index contributed by atoms with van der Waals surface area (Å²) >= 11 is 0. The van der Waals surface area contributed by atoms with Gasteiger partial charge in [0.1, 0.15) is 11.3 Å². The SMILES string of the molecule is CCCCN1CCN(c2cncc(OC3CCC(Nc4ccc([N+](=O)[O-])c(C(F)(F)F)c4)CC3)c2)CC1. The maximum atomic E-state index is 13.3. The minimum atomic E-state index is -4.79. The van der Waals surface area contributed by atoms with Crippen molar-refractivity contribution in [3.63, 3.8) is 0 Å². The molecule has 11 heteroatoms. The van der Waals surface area contributed by atoms with Gasteiger partial charge in [0.05, 0.1) is 29.1 Å². The Balaban J connectivity index is 1.28. The van der Waals surface area contributed by atoms with E-state index in [1.807, 2.05) is 12.3 Å². The number of nitro benzene ring substituents is 1. The Bertz CT molecular complexity index is 1050. The van der Waals surface area contributed by atoms with E-state index < -0.39 is 22.4 Å². The van der Waals surface area contributed by atoms with Crippen molar-refractivity contribution in [3.8, 4) is 5.75 Å². The van der Waals surface area contributed by atoms with Crippen molar-refractivity contribution in [1.29, 1.82) is 0 Å². The van der Waals surface area contributed by atoms with E-state index in [-0.39, 0.29) is 17.8 Å². The van der Waals surface area contributed by atoms with Crippen LogP contribution in [0.15, 0.2) is 36.7 Å². The monoisotopic (exact) mass is 521 g/mol. The molecule has 1 aromatic heterocycles. The summed E-state index contributed by atoms with van der Waals surface area (Å²) in [6.45, 7) is 7.37. The first-order chi connectivity index (χ1) is 17.7. The number of benzene rings is 1. The van der Waals surface area contributed by atoms with Gasteiger partial charge in [0.25, 0.3) is 5.69 Å². The van der Waals surface area contributed by atoms with Crippen LogP contribution in [-0.2, 0) is 6.18 Å². The van der Waals surface area contributed by atoms with E-state index in [2.05, 4.69) is 27.0 Å². The van der Waals surface area contributed by atoms with Gasteiger partial charge in [-0.15, -0.1) is 0 Å². The maximum Gasteiger partial charge on any atom is 0.423 e. The van der Waals surface area contributed by atoms with Gasteiger partial charge in [-0.25, -0.2) is 0 Å². The van der Waals surface area contributed by atoms with Gasteiger partial charge in [0, 0.05) is 50.0 Å². The van der Waals surface area contributed by atoms with E-state index in [0.29, 0.717) is 0 Å². The number of aromatic nitrogens is 1. The summed E-state index contributed by atoms with van der Waals surface area (Å²) in [5.74, 6) is 0.729. The number of piperazine rings is 1. The molecule has 0 unspecified atom stereocenters. The Hall–Kier alpha value is -3.08. The highest BCUT2D eigenvalue weighted by Gasteiger charge is 2.38. The van der Waals surface area contributed by atoms with Gasteiger partial charge in [-0.3, -0.25) is 20.0 Å². The third-order valence-electron chi connectivity index (χ3n) is 7.11. The number of halogens is 3. The molecule has 2 heterocycles. The predicted octanol–water partition coefficient (Wildman–Crippen LogP) is 5.73. The van der Waals surface area contributed by atoms with Crippen LogP contribution in [0.25, 0.3) is 0 Å². The number of alkyl halides is 3.